The maximum atomic E-state index is 12.5. The molecule has 0 atom stereocenters. The van der Waals surface area contributed by atoms with Gasteiger partial charge in [0.1, 0.15) is 17.4 Å². The highest BCUT2D eigenvalue weighted by molar-refractivity contribution is 9.10. The van der Waals surface area contributed by atoms with E-state index in [0.717, 1.165) is 6.42 Å². The fourth-order valence-corrected chi connectivity index (χ4v) is 3.04. The summed E-state index contributed by atoms with van der Waals surface area (Å²) in [5, 5.41) is 12.2. The number of hydrogen-bond donors (Lipinski definition) is 1. The van der Waals surface area contributed by atoms with Crippen molar-refractivity contribution in [1.29, 1.82) is 5.26 Å². The van der Waals surface area contributed by atoms with E-state index < -0.39 is 5.91 Å². The van der Waals surface area contributed by atoms with Crippen LogP contribution >= 0.6 is 15.9 Å². The molecule has 29 heavy (non-hydrogen) atoms. The van der Waals surface area contributed by atoms with Gasteiger partial charge in [0.05, 0.1) is 24.8 Å². The Hall–Kier alpha value is -2.98. The molecule has 0 saturated heterocycles. The molecule has 0 aliphatic rings. The summed E-state index contributed by atoms with van der Waals surface area (Å²) < 4.78 is 17.2. The van der Waals surface area contributed by atoms with E-state index in [9.17, 15) is 10.1 Å². The van der Waals surface area contributed by atoms with Crippen molar-refractivity contribution in [2.75, 3.05) is 25.6 Å². The van der Waals surface area contributed by atoms with E-state index in [1.165, 1.54) is 6.08 Å². The van der Waals surface area contributed by atoms with Crippen LogP contribution < -0.4 is 19.5 Å². The van der Waals surface area contributed by atoms with Crippen molar-refractivity contribution in [2.45, 2.75) is 20.3 Å². The number of methoxy groups -OCH3 is 1. The summed E-state index contributed by atoms with van der Waals surface area (Å²) in [5.74, 6) is 1.33. The second kappa shape index (κ2) is 11.1. The van der Waals surface area contributed by atoms with E-state index >= 15 is 0 Å². The molecule has 0 spiro atoms. The molecule has 0 aromatic heterocycles. The molecule has 1 N–H and O–H groups in total. The van der Waals surface area contributed by atoms with Crippen molar-refractivity contribution < 1.29 is 19.0 Å². The normalized spacial score (nSPS) is 10.8. The van der Waals surface area contributed by atoms with Gasteiger partial charge in [0, 0.05) is 5.69 Å². The molecular formula is C22H23BrN2O4. The highest BCUT2D eigenvalue weighted by Crippen LogP contribution is 2.37. The monoisotopic (exact) mass is 458 g/mol. The van der Waals surface area contributed by atoms with E-state index in [0.29, 0.717) is 46.2 Å². The van der Waals surface area contributed by atoms with Crippen LogP contribution in [0, 0.1) is 11.3 Å². The van der Waals surface area contributed by atoms with Gasteiger partial charge in [-0.3, -0.25) is 4.79 Å². The van der Waals surface area contributed by atoms with Gasteiger partial charge in [-0.2, -0.15) is 5.26 Å². The molecule has 0 saturated carbocycles. The number of nitrogens with one attached hydrogen (secondary N) is 1. The smallest absolute Gasteiger partial charge is 0.266 e. The Morgan fingerprint density at radius 1 is 1.21 bits per heavy atom. The molecule has 152 valence electrons. The third kappa shape index (κ3) is 6.26. The molecule has 7 heteroatoms. The van der Waals surface area contributed by atoms with Crippen molar-refractivity contribution in [2.24, 2.45) is 0 Å². The molecule has 0 bridgehead atoms. The Kier molecular flexibility index (Phi) is 8.56. The predicted molar refractivity (Wildman–Crippen MR) is 116 cm³/mol. The lowest BCUT2D eigenvalue weighted by molar-refractivity contribution is -0.112. The number of carbonyl (C=O) groups excluding carboxylic acids is 1. The molecule has 2 rings (SSSR count). The van der Waals surface area contributed by atoms with E-state index in [4.69, 9.17) is 14.2 Å². The van der Waals surface area contributed by atoms with Crippen LogP contribution in [0.5, 0.6) is 17.2 Å². The SMILES string of the molecule is CCCOc1c(Br)cc(/C=C(/C#N)C(=O)Nc2ccc(OC)cc2)cc1OCC. The third-order valence-corrected chi connectivity index (χ3v) is 4.40. The number of nitrogens with zero attached hydrogens (tertiary/aromatic N) is 1. The molecule has 0 fully saturated rings. The lowest BCUT2D eigenvalue weighted by Crippen LogP contribution is -2.13. The topological polar surface area (TPSA) is 80.6 Å². The maximum Gasteiger partial charge on any atom is 0.266 e. The Labute approximate surface area is 179 Å². The van der Waals surface area contributed by atoms with Crippen molar-refractivity contribution in [3.05, 3.63) is 52.0 Å². The lowest BCUT2D eigenvalue weighted by atomic mass is 10.1. The Morgan fingerprint density at radius 3 is 2.52 bits per heavy atom. The van der Waals surface area contributed by atoms with Gasteiger partial charge >= 0.3 is 0 Å². The minimum Gasteiger partial charge on any atom is -0.497 e. The molecule has 0 unspecified atom stereocenters. The second-order valence-electron chi connectivity index (χ2n) is 5.96. The first-order chi connectivity index (χ1) is 14.0. The summed E-state index contributed by atoms with van der Waals surface area (Å²) >= 11 is 3.48. The number of hydrogen-bond acceptors (Lipinski definition) is 5. The third-order valence-electron chi connectivity index (χ3n) is 3.81. The first-order valence-electron chi connectivity index (χ1n) is 9.18. The largest absolute Gasteiger partial charge is 0.497 e. The van der Waals surface area contributed by atoms with Gasteiger partial charge in [0.25, 0.3) is 5.91 Å². The highest BCUT2D eigenvalue weighted by Gasteiger charge is 2.14. The van der Waals surface area contributed by atoms with Crippen LogP contribution in [0.25, 0.3) is 6.08 Å². The van der Waals surface area contributed by atoms with Crippen LogP contribution in [0.4, 0.5) is 5.69 Å². The molecule has 0 aliphatic carbocycles. The van der Waals surface area contributed by atoms with Crippen LogP contribution in [-0.4, -0.2) is 26.2 Å². The zero-order valence-corrected chi connectivity index (χ0v) is 18.2. The van der Waals surface area contributed by atoms with Crippen molar-refractivity contribution in [3.63, 3.8) is 0 Å². The van der Waals surface area contributed by atoms with Gasteiger partial charge in [0.2, 0.25) is 0 Å². The Bertz CT molecular complexity index is 918. The van der Waals surface area contributed by atoms with Gasteiger partial charge in [-0.25, -0.2) is 0 Å². The lowest BCUT2D eigenvalue weighted by Gasteiger charge is -2.14. The van der Waals surface area contributed by atoms with Crippen molar-refractivity contribution in [3.8, 4) is 23.3 Å². The van der Waals surface area contributed by atoms with Gasteiger partial charge in [-0.05, 0) is 77.3 Å². The molecule has 6 nitrogen and oxygen atoms in total. The summed E-state index contributed by atoms with van der Waals surface area (Å²) in [7, 11) is 1.57. The fraction of sp³-hybridized carbons (Fsp3) is 0.273. The minimum atomic E-state index is -0.502. The average Bonchev–Trinajstić information content (AvgIpc) is 2.72. The van der Waals surface area contributed by atoms with Crippen molar-refractivity contribution >= 4 is 33.6 Å². The maximum absolute atomic E-state index is 12.5. The van der Waals surface area contributed by atoms with Gasteiger partial charge in [-0.15, -0.1) is 0 Å². The second-order valence-corrected chi connectivity index (χ2v) is 6.82. The number of carbonyl (C=O) groups is 1. The number of amides is 1. The summed E-state index contributed by atoms with van der Waals surface area (Å²) in [6.07, 6.45) is 2.37. The number of ether oxygens (including phenoxy) is 3. The predicted octanol–water partition coefficient (Wildman–Crippen LogP) is 5.19. The quantitative estimate of drug-likeness (QED) is 0.412. The average molecular weight is 459 g/mol. The fourth-order valence-electron chi connectivity index (χ4n) is 2.47. The van der Waals surface area contributed by atoms with Crippen LogP contribution in [0.1, 0.15) is 25.8 Å². The zero-order chi connectivity index (χ0) is 21.2. The van der Waals surface area contributed by atoms with E-state index in [1.54, 1.807) is 43.5 Å². The summed E-state index contributed by atoms with van der Waals surface area (Å²) in [4.78, 5) is 12.5. The molecule has 0 radical (unpaired) electrons. The van der Waals surface area contributed by atoms with Crippen LogP contribution in [0.15, 0.2) is 46.4 Å². The summed E-state index contributed by atoms with van der Waals surface area (Å²) in [6, 6.07) is 12.3. The molecule has 1 amide bonds. The number of rotatable bonds is 9. The Balaban J connectivity index is 2.28. The number of anilines is 1. The number of halogens is 1. The van der Waals surface area contributed by atoms with E-state index in [2.05, 4.69) is 21.2 Å². The first-order valence-corrected chi connectivity index (χ1v) is 9.98. The van der Waals surface area contributed by atoms with Crippen LogP contribution in [0.3, 0.4) is 0 Å². The summed E-state index contributed by atoms with van der Waals surface area (Å²) in [6.45, 7) is 4.92. The molecule has 0 heterocycles. The van der Waals surface area contributed by atoms with Gasteiger partial charge in [0.15, 0.2) is 11.5 Å². The van der Waals surface area contributed by atoms with Gasteiger partial charge in [-0.1, -0.05) is 6.92 Å². The standard InChI is InChI=1S/C22H23BrN2O4/c1-4-10-29-21-19(23)12-15(13-20(21)28-5-2)11-16(14-24)22(26)25-17-6-8-18(27-3)9-7-17/h6-9,11-13H,4-5,10H2,1-3H3,(H,25,26)/b16-11-. The molecule has 2 aromatic rings. The Morgan fingerprint density at radius 2 is 1.93 bits per heavy atom. The first kappa shape index (κ1) is 22.3. The minimum absolute atomic E-state index is 0.0302. The van der Waals surface area contributed by atoms with Crippen LogP contribution in [0.2, 0.25) is 0 Å². The summed E-state index contributed by atoms with van der Waals surface area (Å²) in [5.41, 5.74) is 1.18. The van der Waals surface area contributed by atoms with E-state index in [1.807, 2.05) is 19.9 Å². The van der Waals surface area contributed by atoms with Crippen LogP contribution in [-0.2, 0) is 4.79 Å². The number of nitriles is 1. The molecular weight excluding hydrogens is 436 g/mol. The number of benzene rings is 2. The molecule has 2 aromatic carbocycles. The molecule has 0 aliphatic heterocycles. The van der Waals surface area contributed by atoms with E-state index in [-0.39, 0.29) is 5.57 Å². The highest BCUT2D eigenvalue weighted by atomic mass is 79.9. The zero-order valence-electron chi connectivity index (χ0n) is 16.6. The van der Waals surface area contributed by atoms with Gasteiger partial charge < -0.3 is 19.5 Å². The van der Waals surface area contributed by atoms with Crippen molar-refractivity contribution in [1.82, 2.24) is 0 Å².